The van der Waals surface area contributed by atoms with Crippen molar-refractivity contribution in [2.45, 2.75) is 44.7 Å². The molecule has 0 aliphatic carbocycles. The Balaban J connectivity index is 2.07. The number of anilines is 1. The van der Waals surface area contributed by atoms with Crippen LogP contribution in [0.3, 0.4) is 0 Å². The third kappa shape index (κ3) is 7.47. The van der Waals surface area contributed by atoms with Crippen LogP contribution in [0.4, 0.5) is 5.69 Å². The van der Waals surface area contributed by atoms with Crippen LogP contribution in [0.2, 0.25) is 10.0 Å². The summed E-state index contributed by atoms with van der Waals surface area (Å²) in [6.07, 6.45) is 0.304. The summed E-state index contributed by atoms with van der Waals surface area (Å²) in [5, 5.41) is 3.53. The first kappa shape index (κ1) is 31.3. The molecule has 2 amide bonds. The van der Waals surface area contributed by atoms with Crippen molar-refractivity contribution in [3.63, 3.8) is 0 Å². The van der Waals surface area contributed by atoms with Gasteiger partial charge >= 0.3 is 0 Å². The first-order chi connectivity index (χ1) is 19.0. The van der Waals surface area contributed by atoms with Crippen LogP contribution in [-0.4, -0.2) is 51.4 Å². The molecule has 0 aromatic heterocycles. The zero-order valence-corrected chi connectivity index (χ0v) is 25.2. The number of sulfonamides is 1. The van der Waals surface area contributed by atoms with E-state index in [2.05, 4.69) is 5.32 Å². The smallest absolute Gasteiger partial charge is 0.264 e. The second-order valence-electron chi connectivity index (χ2n) is 9.10. The van der Waals surface area contributed by atoms with E-state index in [9.17, 15) is 18.0 Å². The molecular formula is C29H33Cl2N3O5S. The third-order valence-corrected chi connectivity index (χ3v) is 8.72. The molecule has 40 heavy (non-hydrogen) atoms. The number of benzene rings is 3. The van der Waals surface area contributed by atoms with Gasteiger partial charge in [0.05, 0.1) is 17.7 Å². The van der Waals surface area contributed by atoms with Crippen molar-refractivity contribution in [3.05, 3.63) is 87.9 Å². The lowest BCUT2D eigenvalue weighted by molar-refractivity contribution is -0.140. The second-order valence-corrected chi connectivity index (χ2v) is 11.8. The summed E-state index contributed by atoms with van der Waals surface area (Å²) in [5.74, 6) is -0.416. The fourth-order valence-corrected chi connectivity index (χ4v) is 6.04. The SMILES string of the molecule is CCNC(=O)C(CC)N(Cc1ccc(Cl)cc1Cl)C(=O)CN(c1ccc(C)cc1)S(=O)(=O)c1ccc(OC)cc1. The van der Waals surface area contributed by atoms with Crippen molar-refractivity contribution in [3.8, 4) is 5.75 Å². The minimum atomic E-state index is -4.18. The molecule has 214 valence electrons. The number of carbonyl (C=O) groups is 2. The van der Waals surface area contributed by atoms with E-state index < -0.39 is 28.5 Å². The molecule has 1 atom stereocenters. The standard InChI is InChI=1S/C29H33Cl2N3O5S/c1-5-27(29(36)32-6-2)33(18-21-9-10-22(30)17-26(21)31)28(35)19-34(23-11-7-20(3)8-12-23)40(37,38)25-15-13-24(39-4)14-16-25/h7-17,27H,5-6,18-19H2,1-4H3,(H,32,36). The van der Waals surface area contributed by atoms with E-state index in [4.69, 9.17) is 27.9 Å². The molecule has 0 fully saturated rings. The molecule has 3 aromatic rings. The molecule has 0 saturated carbocycles. The van der Waals surface area contributed by atoms with Gasteiger partial charge in [0.25, 0.3) is 10.0 Å². The number of amides is 2. The van der Waals surface area contributed by atoms with Crippen LogP contribution < -0.4 is 14.4 Å². The highest BCUT2D eigenvalue weighted by molar-refractivity contribution is 7.92. The van der Waals surface area contributed by atoms with Gasteiger partial charge in [0.15, 0.2) is 0 Å². The maximum absolute atomic E-state index is 14.0. The van der Waals surface area contributed by atoms with Crippen molar-refractivity contribution < 1.29 is 22.7 Å². The number of methoxy groups -OCH3 is 1. The molecule has 0 aliphatic rings. The molecule has 3 aromatic carbocycles. The molecule has 0 radical (unpaired) electrons. The van der Waals surface area contributed by atoms with Gasteiger partial charge in [-0.05, 0) is 74.4 Å². The van der Waals surface area contributed by atoms with Gasteiger partial charge in [-0.15, -0.1) is 0 Å². The van der Waals surface area contributed by atoms with Crippen molar-refractivity contribution in [2.24, 2.45) is 0 Å². The van der Waals surface area contributed by atoms with Gasteiger partial charge in [-0.1, -0.05) is 53.9 Å². The third-order valence-electron chi connectivity index (χ3n) is 6.34. The molecule has 0 heterocycles. The van der Waals surface area contributed by atoms with E-state index in [1.54, 1.807) is 68.4 Å². The molecule has 0 bridgehead atoms. The largest absolute Gasteiger partial charge is 0.497 e. The minimum absolute atomic E-state index is 0.00950. The fourth-order valence-electron chi connectivity index (χ4n) is 4.16. The second kappa shape index (κ2) is 13.9. The number of rotatable bonds is 12. The normalized spacial score (nSPS) is 11.9. The van der Waals surface area contributed by atoms with E-state index >= 15 is 0 Å². The van der Waals surface area contributed by atoms with Gasteiger partial charge in [0.2, 0.25) is 11.8 Å². The first-order valence-electron chi connectivity index (χ1n) is 12.8. The van der Waals surface area contributed by atoms with Gasteiger partial charge < -0.3 is 15.0 Å². The molecule has 3 rings (SSSR count). The average Bonchev–Trinajstić information content (AvgIpc) is 2.93. The lowest BCUT2D eigenvalue weighted by Crippen LogP contribution is -2.52. The number of likely N-dealkylation sites (N-methyl/N-ethyl adjacent to an activating group) is 1. The van der Waals surface area contributed by atoms with Gasteiger partial charge in [-0.3, -0.25) is 13.9 Å². The van der Waals surface area contributed by atoms with Crippen LogP contribution in [0.15, 0.2) is 71.6 Å². The zero-order chi connectivity index (χ0) is 29.4. The lowest BCUT2D eigenvalue weighted by Gasteiger charge is -2.33. The number of aryl methyl sites for hydroxylation is 1. The number of halogens is 2. The van der Waals surface area contributed by atoms with Crippen molar-refractivity contribution in [1.29, 1.82) is 0 Å². The fraction of sp³-hybridized carbons (Fsp3) is 0.310. The van der Waals surface area contributed by atoms with Crippen LogP contribution in [0.25, 0.3) is 0 Å². The van der Waals surface area contributed by atoms with Gasteiger partial charge in [0.1, 0.15) is 18.3 Å². The zero-order valence-electron chi connectivity index (χ0n) is 22.9. The van der Waals surface area contributed by atoms with Gasteiger partial charge in [-0.2, -0.15) is 0 Å². The van der Waals surface area contributed by atoms with E-state index in [-0.39, 0.29) is 17.3 Å². The van der Waals surface area contributed by atoms with Gasteiger partial charge in [0, 0.05) is 23.1 Å². The quantitative estimate of drug-likeness (QED) is 0.296. The number of hydrogen-bond acceptors (Lipinski definition) is 5. The Labute approximate surface area is 245 Å². The molecule has 8 nitrogen and oxygen atoms in total. The molecule has 0 aliphatic heterocycles. The van der Waals surface area contributed by atoms with Crippen LogP contribution in [0.1, 0.15) is 31.4 Å². The van der Waals surface area contributed by atoms with Crippen LogP contribution in [0, 0.1) is 6.92 Å². The van der Waals surface area contributed by atoms with Crippen LogP contribution in [0.5, 0.6) is 5.75 Å². The number of hydrogen-bond donors (Lipinski definition) is 1. The van der Waals surface area contributed by atoms with Crippen molar-refractivity contribution in [2.75, 3.05) is 24.5 Å². The number of carbonyl (C=O) groups excluding carboxylic acids is 2. The number of nitrogens with zero attached hydrogens (tertiary/aromatic N) is 2. The number of ether oxygens (including phenoxy) is 1. The Hall–Kier alpha value is -3.27. The highest BCUT2D eigenvalue weighted by Crippen LogP contribution is 2.28. The molecule has 0 spiro atoms. The van der Waals surface area contributed by atoms with Gasteiger partial charge in [-0.25, -0.2) is 8.42 Å². The molecule has 1 unspecified atom stereocenters. The maximum atomic E-state index is 14.0. The predicted molar refractivity (Wildman–Crippen MR) is 158 cm³/mol. The summed E-state index contributed by atoms with van der Waals surface area (Å²) in [4.78, 5) is 28.4. The summed E-state index contributed by atoms with van der Waals surface area (Å²) in [6, 6.07) is 16.8. The van der Waals surface area contributed by atoms with E-state index in [1.165, 1.54) is 24.1 Å². The topological polar surface area (TPSA) is 96.0 Å². The lowest BCUT2D eigenvalue weighted by atomic mass is 10.1. The summed E-state index contributed by atoms with van der Waals surface area (Å²) >= 11 is 12.5. The minimum Gasteiger partial charge on any atom is -0.497 e. The van der Waals surface area contributed by atoms with Crippen molar-refractivity contribution >= 4 is 50.7 Å². The summed E-state index contributed by atoms with van der Waals surface area (Å²) in [7, 11) is -2.70. The summed E-state index contributed by atoms with van der Waals surface area (Å²) in [5.41, 5.74) is 1.81. The monoisotopic (exact) mass is 605 g/mol. The Morgan fingerprint density at radius 1 is 0.975 bits per heavy atom. The van der Waals surface area contributed by atoms with Crippen LogP contribution in [-0.2, 0) is 26.2 Å². The Kier molecular flexibility index (Phi) is 10.8. The first-order valence-corrected chi connectivity index (χ1v) is 15.0. The Bertz CT molecular complexity index is 1430. The summed E-state index contributed by atoms with van der Waals surface area (Å²) < 4.78 is 34.0. The predicted octanol–water partition coefficient (Wildman–Crippen LogP) is 5.45. The summed E-state index contributed by atoms with van der Waals surface area (Å²) in [6.45, 7) is 5.27. The van der Waals surface area contributed by atoms with Crippen molar-refractivity contribution in [1.82, 2.24) is 10.2 Å². The van der Waals surface area contributed by atoms with Crippen LogP contribution >= 0.6 is 23.2 Å². The molecule has 0 saturated heterocycles. The van der Waals surface area contributed by atoms with E-state index in [0.717, 1.165) is 9.87 Å². The van der Waals surface area contributed by atoms with E-state index in [0.29, 0.717) is 40.0 Å². The Morgan fingerprint density at radius 2 is 1.62 bits per heavy atom. The molecular weight excluding hydrogens is 573 g/mol. The Morgan fingerprint density at radius 3 is 2.17 bits per heavy atom. The maximum Gasteiger partial charge on any atom is 0.264 e. The molecule has 11 heteroatoms. The number of nitrogens with one attached hydrogen (secondary N) is 1. The highest BCUT2D eigenvalue weighted by atomic mass is 35.5. The van der Waals surface area contributed by atoms with E-state index in [1.807, 2.05) is 6.92 Å². The molecule has 1 N–H and O–H groups in total. The highest BCUT2D eigenvalue weighted by Gasteiger charge is 2.33. The average molecular weight is 607 g/mol.